The van der Waals surface area contributed by atoms with Crippen molar-refractivity contribution in [1.29, 1.82) is 0 Å². The molecule has 4 nitrogen and oxygen atoms in total. The molecule has 1 spiro atoms. The van der Waals surface area contributed by atoms with E-state index < -0.39 is 0 Å². The summed E-state index contributed by atoms with van der Waals surface area (Å²) in [6, 6.07) is 1.97. The first-order chi connectivity index (χ1) is 9.19. The predicted molar refractivity (Wildman–Crippen MR) is 75.4 cm³/mol. The van der Waals surface area contributed by atoms with E-state index in [9.17, 15) is 0 Å². The molecule has 0 aromatic rings. The Balaban J connectivity index is 1.66. The fraction of sp³-hybridized carbons (Fsp3) is 1.00. The minimum absolute atomic E-state index is 0.120. The standard InChI is InChI=1S/C15H28N2O2/c1-12-11-17(13(2)10-16-12)14-3-6-19-15(9-14)4-7-18-8-5-15/h12-14,16H,3-11H2,1-2H3. The van der Waals surface area contributed by atoms with Gasteiger partial charge in [-0.25, -0.2) is 0 Å². The van der Waals surface area contributed by atoms with Crippen molar-refractivity contribution in [2.24, 2.45) is 0 Å². The van der Waals surface area contributed by atoms with Gasteiger partial charge < -0.3 is 14.8 Å². The maximum atomic E-state index is 6.17. The van der Waals surface area contributed by atoms with E-state index in [1.807, 2.05) is 0 Å². The van der Waals surface area contributed by atoms with Crippen LogP contribution in [0.15, 0.2) is 0 Å². The van der Waals surface area contributed by atoms with E-state index in [1.165, 1.54) is 19.4 Å². The molecular weight excluding hydrogens is 240 g/mol. The summed E-state index contributed by atoms with van der Waals surface area (Å²) in [6.45, 7) is 9.62. The van der Waals surface area contributed by atoms with Gasteiger partial charge in [0.05, 0.1) is 5.60 Å². The average Bonchev–Trinajstić information content (AvgIpc) is 2.42. The average molecular weight is 268 g/mol. The predicted octanol–water partition coefficient (Wildman–Crippen LogP) is 1.40. The zero-order chi connectivity index (χ0) is 13.3. The summed E-state index contributed by atoms with van der Waals surface area (Å²) in [7, 11) is 0. The van der Waals surface area contributed by atoms with Gasteiger partial charge in [-0.1, -0.05) is 0 Å². The van der Waals surface area contributed by atoms with Crippen molar-refractivity contribution in [2.75, 3.05) is 32.9 Å². The Hall–Kier alpha value is -0.160. The first kappa shape index (κ1) is 13.8. The summed E-state index contributed by atoms with van der Waals surface area (Å²) in [5, 5.41) is 3.58. The van der Waals surface area contributed by atoms with E-state index in [1.54, 1.807) is 0 Å². The van der Waals surface area contributed by atoms with Gasteiger partial charge in [-0.15, -0.1) is 0 Å². The Morgan fingerprint density at radius 1 is 1.16 bits per heavy atom. The molecule has 0 bridgehead atoms. The van der Waals surface area contributed by atoms with Gasteiger partial charge in [-0.2, -0.15) is 0 Å². The molecule has 3 fully saturated rings. The maximum Gasteiger partial charge on any atom is 0.0741 e. The second-order valence-corrected chi connectivity index (χ2v) is 6.65. The Bertz CT molecular complexity index is 299. The second kappa shape index (κ2) is 5.68. The summed E-state index contributed by atoms with van der Waals surface area (Å²) in [5.74, 6) is 0. The van der Waals surface area contributed by atoms with Crippen LogP contribution in [0, 0.1) is 0 Å². The topological polar surface area (TPSA) is 33.7 Å². The zero-order valence-electron chi connectivity index (χ0n) is 12.4. The Morgan fingerprint density at radius 3 is 2.74 bits per heavy atom. The Kier molecular flexibility index (Phi) is 4.13. The molecule has 3 aliphatic rings. The third kappa shape index (κ3) is 2.97. The van der Waals surface area contributed by atoms with Crippen molar-refractivity contribution >= 4 is 0 Å². The molecule has 0 aromatic heterocycles. The smallest absolute Gasteiger partial charge is 0.0741 e. The monoisotopic (exact) mass is 268 g/mol. The molecule has 0 radical (unpaired) electrons. The zero-order valence-corrected chi connectivity index (χ0v) is 12.4. The molecule has 0 aliphatic carbocycles. The van der Waals surface area contributed by atoms with Crippen LogP contribution >= 0.6 is 0 Å². The lowest BCUT2D eigenvalue weighted by Gasteiger charge is -2.50. The lowest BCUT2D eigenvalue weighted by Crippen LogP contribution is -2.60. The molecule has 0 amide bonds. The number of hydrogen-bond acceptors (Lipinski definition) is 4. The number of piperazine rings is 1. The summed E-state index contributed by atoms with van der Waals surface area (Å²) >= 11 is 0. The van der Waals surface area contributed by atoms with E-state index in [-0.39, 0.29) is 5.60 Å². The first-order valence-corrected chi connectivity index (χ1v) is 7.89. The van der Waals surface area contributed by atoms with Crippen molar-refractivity contribution in [3.63, 3.8) is 0 Å². The van der Waals surface area contributed by atoms with Gasteiger partial charge in [0.15, 0.2) is 0 Å². The minimum Gasteiger partial charge on any atom is -0.381 e. The second-order valence-electron chi connectivity index (χ2n) is 6.65. The molecule has 0 saturated carbocycles. The third-order valence-corrected chi connectivity index (χ3v) is 5.15. The highest BCUT2D eigenvalue weighted by Gasteiger charge is 2.42. The molecule has 19 heavy (non-hydrogen) atoms. The van der Waals surface area contributed by atoms with E-state index in [0.29, 0.717) is 18.1 Å². The fourth-order valence-corrected chi connectivity index (χ4v) is 3.94. The Labute approximate surface area is 116 Å². The highest BCUT2D eigenvalue weighted by Crippen LogP contribution is 2.36. The van der Waals surface area contributed by atoms with Crippen molar-refractivity contribution in [1.82, 2.24) is 10.2 Å². The highest BCUT2D eigenvalue weighted by molar-refractivity contribution is 4.95. The normalized spacial score (nSPS) is 40.4. The molecule has 0 aromatic carbocycles. The largest absolute Gasteiger partial charge is 0.381 e. The summed E-state index contributed by atoms with van der Waals surface area (Å²) < 4.78 is 11.7. The molecule has 3 atom stereocenters. The van der Waals surface area contributed by atoms with E-state index in [2.05, 4.69) is 24.1 Å². The molecular formula is C15H28N2O2. The van der Waals surface area contributed by atoms with Gasteiger partial charge in [0.25, 0.3) is 0 Å². The SMILES string of the molecule is CC1CN(C2CCOC3(CCOCC3)C2)C(C)CN1. The van der Waals surface area contributed by atoms with E-state index >= 15 is 0 Å². The van der Waals surface area contributed by atoms with E-state index in [4.69, 9.17) is 9.47 Å². The number of ether oxygens (including phenoxy) is 2. The Morgan fingerprint density at radius 2 is 1.95 bits per heavy atom. The number of nitrogens with zero attached hydrogens (tertiary/aromatic N) is 1. The molecule has 3 heterocycles. The molecule has 3 rings (SSSR count). The fourth-order valence-electron chi connectivity index (χ4n) is 3.94. The van der Waals surface area contributed by atoms with Gasteiger partial charge >= 0.3 is 0 Å². The van der Waals surface area contributed by atoms with Crippen LogP contribution in [-0.4, -0.2) is 61.5 Å². The van der Waals surface area contributed by atoms with Gasteiger partial charge in [-0.3, -0.25) is 4.90 Å². The van der Waals surface area contributed by atoms with Gasteiger partial charge in [0.2, 0.25) is 0 Å². The molecule has 3 aliphatic heterocycles. The van der Waals surface area contributed by atoms with Crippen LogP contribution in [0.25, 0.3) is 0 Å². The summed E-state index contributed by atoms with van der Waals surface area (Å²) in [6.07, 6.45) is 4.56. The van der Waals surface area contributed by atoms with Crippen molar-refractivity contribution in [3.8, 4) is 0 Å². The van der Waals surface area contributed by atoms with Gasteiger partial charge in [-0.05, 0) is 39.5 Å². The highest BCUT2D eigenvalue weighted by atomic mass is 16.5. The van der Waals surface area contributed by atoms with Gasteiger partial charge in [0, 0.05) is 51.0 Å². The van der Waals surface area contributed by atoms with Crippen molar-refractivity contribution in [2.45, 2.75) is 63.3 Å². The number of rotatable bonds is 1. The number of nitrogens with one attached hydrogen (secondary N) is 1. The van der Waals surface area contributed by atoms with Crippen molar-refractivity contribution in [3.05, 3.63) is 0 Å². The molecule has 1 N–H and O–H groups in total. The molecule has 110 valence electrons. The van der Waals surface area contributed by atoms with Crippen LogP contribution in [0.5, 0.6) is 0 Å². The van der Waals surface area contributed by atoms with Crippen molar-refractivity contribution < 1.29 is 9.47 Å². The van der Waals surface area contributed by atoms with E-state index in [0.717, 1.165) is 39.2 Å². The van der Waals surface area contributed by atoms with Gasteiger partial charge in [0.1, 0.15) is 0 Å². The lowest BCUT2D eigenvalue weighted by atomic mass is 9.83. The quantitative estimate of drug-likeness (QED) is 0.779. The maximum absolute atomic E-state index is 6.17. The number of hydrogen-bond donors (Lipinski definition) is 1. The van der Waals surface area contributed by atoms with Crippen LogP contribution in [0.3, 0.4) is 0 Å². The summed E-state index contributed by atoms with van der Waals surface area (Å²) in [5.41, 5.74) is 0.120. The van der Waals surface area contributed by atoms with Crippen LogP contribution in [-0.2, 0) is 9.47 Å². The first-order valence-electron chi connectivity index (χ1n) is 7.89. The molecule has 3 unspecified atom stereocenters. The lowest BCUT2D eigenvalue weighted by molar-refractivity contribution is -0.155. The summed E-state index contributed by atoms with van der Waals surface area (Å²) in [4.78, 5) is 2.72. The molecule has 4 heteroatoms. The minimum atomic E-state index is 0.120. The third-order valence-electron chi connectivity index (χ3n) is 5.15. The van der Waals surface area contributed by atoms with Crippen LogP contribution < -0.4 is 5.32 Å². The van der Waals surface area contributed by atoms with Crippen LogP contribution in [0.2, 0.25) is 0 Å². The molecule has 3 saturated heterocycles. The van der Waals surface area contributed by atoms with Crippen LogP contribution in [0.4, 0.5) is 0 Å². The van der Waals surface area contributed by atoms with Crippen LogP contribution in [0.1, 0.15) is 39.5 Å².